The molecule has 0 radical (unpaired) electrons. The smallest absolute Gasteiger partial charge is 0.225 e. The molecule has 0 saturated heterocycles. The minimum atomic E-state index is -0.104. The van der Waals surface area contributed by atoms with Crippen LogP contribution in [0.4, 0.5) is 5.69 Å². The Hall–Kier alpha value is -2.33. The number of nitrogens with one attached hydrogen (secondary N) is 1. The normalized spacial score (nSPS) is 13.6. The first kappa shape index (κ1) is 14.6. The second kappa shape index (κ2) is 6.62. The number of anilines is 1. The van der Waals surface area contributed by atoms with Crippen molar-refractivity contribution >= 4 is 23.4 Å². The van der Waals surface area contributed by atoms with Gasteiger partial charge in [-0.15, -0.1) is 10.2 Å². The third-order valence-corrected chi connectivity index (χ3v) is 4.32. The number of rotatable bonds is 6. The lowest BCUT2D eigenvalue weighted by Crippen LogP contribution is -2.13. The average molecular weight is 313 g/mol. The van der Waals surface area contributed by atoms with Gasteiger partial charge >= 0.3 is 0 Å². The van der Waals surface area contributed by atoms with Gasteiger partial charge in [0.25, 0.3) is 0 Å². The van der Waals surface area contributed by atoms with Gasteiger partial charge in [0.1, 0.15) is 12.4 Å². The largest absolute Gasteiger partial charge is 0.325 e. The van der Waals surface area contributed by atoms with Crippen molar-refractivity contribution in [2.45, 2.75) is 30.5 Å². The maximum atomic E-state index is 12.0. The monoisotopic (exact) mass is 313 g/mol. The fraction of sp³-hybridized carbons (Fsp3) is 0.333. The molecule has 0 aliphatic heterocycles. The average Bonchev–Trinajstić information content (AvgIpc) is 3.27. The first-order valence-electron chi connectivity index (χ1n) is 7.09. The quantitative estimate of drug-likeness (QED) is 0.829. The number of hydrogen-bond acceptors (Lipinski definition) is 5. The van der Waals surface area contributed by atoms with E-state index in [1.165, 1.54) is 24.6 Å². The van der Waals surface area contributed by atoms with Crippen LogP contribution in [0.1, 0.15) is 30.9 Å². The summed E-state index contributed by atoms with van der Waals surface area (Å²) in [6, 6.07) is 9.58. The summed E-state index contributed by atoms with van der Waals surface area (Å²) in [5.41, 5.74) is 1.03. The SMILES string of the molecule is N#Cc1ccccc1NC(=O)CCSc1nncn1C1CC1. The number of carbonyl (C=O) groups excluding carboxylic acids is 1. The maximum absolute atomic E-state index is 12.0. The van der Waals surface area contributed by atoms with Crippen LogP contribution in [0.5, 0.6) is 0 Å². The first-order chi connectivity index (χ1) is 10.8. The molecule has 1 aromatic carbocycles. The van der Waals surface area contributed by atoms with Crippen molar-refractivity contribution in [1.82, 2.24) is 14.8 Å². The van der Waals surface area contributed by atoms with Gasteiger partial charge in [-0.05, 0) is 25.0 Å². The topological polar surface area (TPSA) is 83.6 Å². The Kier molecular flexibility index (Phi) is 4.39. The van der Waals surface area contributed by atoms with Gasteiger partial charge in [-0.1, -0.05) is 23.9 Å². The zero-order chi connectivity index (χ0) is 15.4. The van der Waals surface area contributed by atoms with Crippen molar-refractivity contribution in [3.05, 3.63) is 36.2 Å². The van der Waals surface area contributed by atoms with Crippen molar-refractivity contribution in [3.63, 3.8) is 0 Å². The van der Waals surface area contributed by atoms with E-state index in [4.69, 9.17) is 5.26 Å². The zero-order valence-corrected chi connectivity index (χ0v) is 12.7. The summed E-state index contributed by atoms with van der Waals surface area (Å²) < 4.78 is 2.08. The molecule has 1 aliphatic carbocycles. The van der Waals surface area contributed by atoms with Crippen LogP contribution in [0.2, 0.25) is 0 Å². The number of nitrogens with zero attached hydrogens (tertiary/aromatic N) is 4. The summed E-state index contributed by atoms with van der Waals surface area (Å²) in [6.45, 7) is 0. The molecule has 0 unspecified atom stereocenters. The van der Waals surface area contributed by atoms with E-state index < -0.39 is 0 Å². The highest BCUT2D eigenvalue weighted by molar-refractivity contribution is 7.99. The Bertz CT molecular complexity index is 717. The van der Waals surface area contributed by atoms with E-state index in [0.717, 1.165) is 5.16 Å². The highest BCUT2D eigenvalue weighted by Crippen LogP contribution is 2.37. The minimum absolute atomic E-state index is 0.104. The van der Waals surface area contributed by atoms with E-state index in [1.807, 2.05) is 0 Å². The van der Waals surface area contributed by atoms with Crippen LogP contribution < -0.4 is 5.32 Å². The lowest BCUT2D eigenvalue weighted by atomic mass is 10.2. The number of carbonyl (C=O) groups is 1. The van der Waals surface area contributed by atoms with Crippen molar-refractivity contribution in [2.24, 2.45) is 0 Å². The van der Waals surface area contributed by atoms with Crippen LogP contribution in [0.25, 0.3) is 0 Å². The van der Waals surface area contributed by atoms with E-state index in [9.17, 15) is 4.79 Å². The number of benzene rings is 1. The number of hydrogen-bond donors (Lipinski definition) is 1. The van der Waals surface area contributed by atoms with Gasteiger partial charge in [-0.25, -0.2) is 0 Å². The molecule has 0 spiro atoms. The summed E-state index contributed by atoms with van der Waals surface area (Å²) in [4.78, 5) is 12.0. The fourth-order valence-corrected chi connectivity index (χ4v) is 3.00. The van der Waals surface area contributed by atoms with Crippen molar-refractivity contribution in [3.8, 4) is 6.07 Å². The Morgan fingerprint density at radius 1 is 1.45 bits per heavy atom. The van der Waals surface area contributed by atoms with Crippen LogP contribution in [-0.4, -0.2) is 26.4 Å². The molecule has 1 heterocycles. The summed E-state index contributed by atoms with van der Waals surface area (Å²) in [5.74, 6) is 0.527. The van der Waals surface area contributed by atoms with Gasteiger partial charge in [0, 0.05) is 18.2 Å². The van der Waals surface area contributed by atoms with Crippen LogP contribution >= 0.6 is 11.8 Å². The van der Waals surface area contributed by atoms with Crippen LogP contribution in [-0.2, 0) is 4.79 Å². The fourth-order valence-electron chi connectivity index (χ4n) is 2.08. The van der Waals surface area contributed by atoms with E-state index in [0.29, 0.717) is 29.5 Å². The minimum Gasteiger partial charge on any atom is -0.325 e. The summed E-state index contributed by atoms with van der Waals surface area (Å²) in [6.07, 6.45) is 4.47. The molecule has 7 heteroatoms. The van der Waals surface area contributed by atoms with E-state index in [-0.39, 0.29) is 5.91 Å². The van der Waals surface area contributed by atoms with Crippen LogP contribution in [0, 0.1) is 11.3 Å². The molecule has 1 aliphatic rings. The highest BCUT2D eigenvalue weighted by Gasteiger charge is 2.26. The Morgan fingerprint density at radius 3 is 3.05 bits per heavy atom. The summed E-state index contributed by atoms with van der Waals surface area (Å²) in [7, 11) is 0. The molecule has 112 valence electrons. The lowest BCUT2D eigenvalue weighted by molar-refractivity contribution is -0.115. The molecule has 2 aromatic rings. The number of thioether (sulfide) groups is 1. The van der Waals surface area contributed by atoms with Gasteiger partial charge < -0.3 is 9.88 Å². The second-order valence-electron chi connectivity index (χ2n) is 5.06. The molecular formula is C15H15N5OS. The molecule has 1 amide bonds. The van der Waals surface area contributed by atoms with Gasteiger partial charge in [0.15, 0.2) is 5.16 Å². The molecule has 3 rings (SSSR count). The molecule has 1 saturated carbocycles. The molecule has 0 atom stereocenters. The second-order valence-corrected chi connectivity index (χ2v) is 6.12. The number of nitriles is 1. The van der Waals surface area contributed by atoms with Crippen molar-refractivity contribution in [1.29, 1.82) is 5.26 Å². The summed E-state index contributed by atoms with van der Waals surface area (Å²) in [5, 5.41) is 20.7. The number of amides is 1. The molecular weight excluding hydrogens is 298 g/mol. The first-order valence-corrected chi connectivity index (χ1v) is 8.08. The van der Waals surface area contributed by atoms with E-state index >= 15 is 0 Å². The standard InChI is InChI=1S/C15H15N5OS/c16-9-11-3-1-2-4-13(11)18-14(21)7-8-22-15-19-17-10-20(15)12-5-6-12/h1-4,10,12H,5-8H2,(H,18,21). The van der Waals surface area contributed by atoms with Gasteiger partial charge in [0.2, 0.25) is 5.91 Å². The Morgan fingerprint density at radius 2 is 2.27 bits per heavy atom. The molecule has 1 aromatic heterocycles. The number of aromatic nitrogens is 3. The van der Waals surface area contributed by atoms with Gasteiger partial charge in [-0.2, -0.15) is 5.26 Å². The maximum Gasteiger partial charge on any atom is 0.225 e. The molecule has 1 N–H and O–H groups in total. The van der Waals surface area contributed by atoms with Gasteiger partial charge in [-0.3, -0.25) is 4.79 Å². The van der Waals surface area contributed by atoms with Crippen LogP contribution in [0.3, 0.4) is 0 Å². The predicted molar refractivity (Wildman–Crippen MR) is 83.4 cm³/mol. The molecule has 22 heavy (non-hydrogen) atoms. The molecule has 6 nitrogen and oxygen atoms in total. The molecule has 0 bridgehead atoms. The molecule has 1 fully saturated rings. The van der Waals surface area contributed by atoms with Crippen molar-refractivity contribution in [2.75, 3.05) is 11.1 Å². The third kappa shape index (κ3) is 3.46. The van der Waals surface area contributed by atoms with Crippen LogP contribution in [0.15, 0.2) is 35.7 Å². The summed E-state index contributed by atoms with van der Waals surface area (Å²) >= 11 is 1.53. The van der Waals surface area contributed by atoms with E-state index in [2.05, 4.69) is 26.2 Å². The Balaban J connectivity index is 1.50. The Labute approximate surface area is 132 Å². The third-order valence-electron chi connectivity index (χ3n) is 3.36. The highest BCUT2D eigenvalue weighted by atomic mass is 32.2. The predicted octanol–water partition coefficient (Wildman–Crippen LogP) is 2.61. The van der Waals surface area contributed by atoms with Gasteiger partial charge in [0.05, 0.1) is 11.3 Å². The number of para-hydroxylation sites is 1. The lowest BCUT2D eigenvalue weighted by Gasteiger charge is -2.07. The van der Waals surface area contributed by atoms with E-state index in [1.54, 1.807) is 30.6 Å². The zero-order valence-electron chi connectivity index (χ0n) is 11.9. The van der Waals surface area contributed by atoms with Crippen molar-refractivity contribution < 1.29 is 4.79 Å².